The van der Waals surface area contributed by atoms with Gasteiger partial charge in [0.15, 0.2) is 0 Å². The molecule has 0 aliphatic rings. The van der Waals surface area contributed by atoms with Crippen LogP contribution in [-0.2, 0) is 6.42 Å². The molecule has 0 spiro atoms. The number of allylic oxidation sites excluding steroid dienone is 1. The average molecular weight is 224 g/mol. The Kier molecular flexibility index (Phi) is 3.81. The van der Waals surface area contributed by atoms with Gasteiger partial charge in [-0.1, -0.05) is 55.1 Å². The standard InChI is InChI=1S/C15H16N2/c1-13(12-14-8-4-2-5-9-14)16-17-15-10-6-3-7-11-15/h2-11,16-17H,1,12H2. The molecule has 0 saturated heterocycles. The maximum absolute atomic E-state index is 3.99. The number of anilines is 1. The van der Waals surface area contributed by atoms with Gasteiger partial charge in [-0.05, 0) is 17.7 Å². The van der Waals surface area contributed by atoms with Gasteiger partial charge in [-0.3, -0.25) is 0 Å². The molecule has 0 unspecified atom stereocenters. The van der Waals surface area contributed by atoms with E-state index in [1.165, 1.54) is 5.56 Å². The molecule has 0 fully saturated rings. The van der Waals surface area contributed by atoms with Crippen molar-refractivity contribution < 1.29 is 0 Å². The summed E-state index contributed by atoms with van der Waals surface area (Å²) in [6, 6.07) is 20.2. The monoisotopic (exact) mass is 224 g/mol. The quantitative estimate of drug-likeness (QED) is 0.761. The van der Waals surface area contributed by atoms with Crippen LogP contribution < -0.4 is 10.9 Å². The first-order valence-corrected chi connectivity index (χ1v) is 5.63. The van der Waals surface area contributed by atoms with Crippen molar-refractivity contribution in [1.29, 1.82) is 0 Å². The predicted molar refractivity (Wildman–Crippen MR) is 72.5 cm³/mol. The Balaban J connectivity index is 1.83. The van der Waals surface area contributed by atoms with Gasteiger partial charge in [0.25, 0.3) is 0 Å². The Morgan fingerprint density at radius 2 is 1.47 bits per heavy atom. The Hall–Kier alpha value is -2.22. The molecule has 2 N–H and O–H groups in total. The molecule has 2 aromatic carbocycles. The molecule has 0 amide bonds. The molecule has 0 aromatic heterocycles. The van der Waals surface area contributed by atoms with Gasteiger partial charge in [0.05, 0.1) is 5.69 Å². The number of hydrazine groups is 1. The molecule has 17 heavy (non-hydrogen) atoms. The van der Waals surface area contributed by atoms with E-state index in [1.807, 2.05) is 48.5 Å². The third kappa shape index (κ3) is 3.68. The third-order valence-electron chi connectivity index (χ3n) is 2.42. The fourth-order valence-corrected chi connectivity index (χ4v) is 1.57. The molecule has 2 heteroatoms. The van der Waals surface area contributed by atoms with Crippen molar-refractivity contribution in [3.63, 3.8) is 0 Å². The molecular weight excluding hydrogens is 208 g/mol. The molecule has 2 aromatic rings. The van der Waals surface area contributed by atoms with Gasteiger partial charge in [-0.25, -0.2) is 0 Å². The zero-order valence-electron chi connectivity index (χ0n) is 9.69. The fraction of sp³-hybridized carbons (Fsp3) is 0.0667. The minimum atomic E-state index is 0.820. The van der Waals surface area contributed by atoms with Crippen molar-refractivity contribution in [2.75, 3.05) is 5.43 Å². The summed E-state index contributed by atoms with van der Waals surface area (Å²) in [5, 5.41) is 0. The van der Waals surface area contributed by atoms with E-state index in [1.54, 1.807) is 0 Å². The molecule has 0 aliphatic carbocycles. The molecule has 0 radical (unpaired) electrons. The van der Waals surface area contributed by atoms with Gasteiger partial charge >= 0.3 is 0 Å². The van der Waals surface area contributed by atoms with Crippen LogP contribution in [0.3, 0.4) is 0 Å². The Bertz CT molecular complexity index is 463. The summed E-state index contributed by atoms with van der Waals surface area (Å²) < 4.78 is 0. The van der Waals surface area contributed by atoms with E-state index in [0.29, 0.717) is 0 Å². The van der Waals surface area contributed by atoms with Gasteiger partial charge in [-0.15, -0.1) is 0 Å². The van der Waals surface area contributed by atoms with Gasteiger partial charge < -0.3 is 10.9 Å². The van der Waals surface area contributed by atoms with E-state index in [0.717, 1.165) is 17.8 Å². The van der Waals surface area contributed by atoms with E-state index in [4.69, 9.17) is 0 Å². The minimum Gasteiger partial charge on any atom is -0.305 e. The van der Waals surface area contributed by atoms with Crippen molar-refractivity contribution in [3.8, 4) is 0 Å². The van der Waals surface area contributed by atoms with Crippen LogP contribution in [0.15, 0.2) is 72.9 Å². The summed E-state index contributed by atoms with van der Waals surface area (Å²) in [6.45, 7) is 3.99. The summed E-state index contributed by atoms with van der Waals surface area (Å²) in [7, 11) is 0. The Morgan fingerprint density at radius 1 is 0.882 bits per heavy atom. The van der Waals surface area contributed by atoms with Crippen LogP contribution in [0.25, 0.3) is 0 Å². The molecule has 2 nitrogen and oxygen atoms in total. The lowest BCUT2D eigenvalue weighted by Gasteiger charge is -2.12. The van der Waals surface area contributed by atoms with E-state index in [-0.39, 0.29) is 0 Å². The van der Waals surface area contributed by atoms with E-state index >= 15 is 0 Å². The molecule has 0 heterocycles. The van der Waals surface area contributed by atoms with Crippen molar-refractivity contribution in [2.45, 2.75) is 6.42 Å². The van der Waals surface area contributed by atoms with E-state index in [2.05, 4.69) is 29.6 Å². The fourth-order valence-electron chi connectivity index (χ4n) is 1.57. The van der Waals surface area contributed by atoms with Gasteiger partial charge in [0.1, 0.15) is 0 Å². The number of benzene rings is 2. The van der Waals surface area contributed by atoms with Crippen LogP contribution in [0, 0.1) is 0 Å². The summed E-state index contributed by atoms with van der Waals surface area (Å²) in [6.07, 6.45) is 0.820. The van der Waals surface area contributed by atoms with Crippen molar-refractivity contribution in [2.24, 2.45) is 0 Å². The third-order valence-corrected chi connectivity index (χ3v) is 2.42. The zero-order valence-corrected chi connectivity index (χ0v) is 9.69. The normalized spacial score (nSPS) is 9.65. The first kappa shape index (κ1) is 11.3. The second-order valence-corrected chi connectivity index (χ2v) is 3.88. The van der Waals surface area contributed by atoms with Crippen molar-refractivity contribution in [3.05, 3.63) is 78.5 Å². The molecule has 0 saturated carbocycles. The molecule has 0 bridgehead atoms. The first-order chi connectivity index (χ1) is 8.34. The van der Waals surface area contributed by atoms with Crippen LogP contribution >= 0.6 is 0 Å². The average Bonchev–Trinajstić information content (AvgIpc) is 2.39. The molecule has 2 rings (SSSR count). The maximum atomic E-state index is 3.99. The molecule has 0 aliphatic heterocycles. The second-order valence-electron chi connectivity index (χ2n) is 3.88. The highest BCUT2D eigenvalue weighted by Crippen LogP contribution is 2.06. The Labute approximate surface area is 102 Å². The molecule has 0 atom stereocenters. The maximum Gasteiger partial charge on any atom is 0.0539 e. The van der Waals surface area contributed by atoms with Crippen LogP contribution in [0.4, 0.5) is 5.69 Å². The molecule has 86 valence electrons. The molecular formula is C15H16N2. The van der Waals surface area contributed by atoms with Crippen LogP contribution in [0.5, 0.6) is 0 Å². The predicted octanol–water partition coefficient (Wildman–Crippen LogP) is 3.36. The number of hydrogen-bond donors (Lipinski definition) is 2. The van der Waals surface area contributed by atoms with Crippen molar-refractivity contribution in [1.82, 2.24) is 5.43 Å². The number of hydrogen-bond acceptors (Lipinski definition) is 2. The number of para-hydroxylation sites is 1. The first-order valence-electron chi connectivity index (χ1n) is 5.63. The summed E-state index contributed by atoms with van der Waals surface area (Å²) in [4.78, 5) is 0. The smallest absolute Gasteiger partial charge is 0.0539 e. The zero-order chi connectivity index (χ0) is 11.9. The second kappa shape index (κ2) is 5.75. The number of nitrogens with one attached hydrogen (secondary N) is 2. The largest absolute Gasteiger partial charge is 0.305 e. The SMILES string of the molecule is C=C(Cc1ccccc1)NNc1ccccc1. The van der Waals surface area contributed by atoms with E-state index < -0.39 is 0 Å². The van der Waals surface area contributed by atoms with Crippen LogP contribution in [-0.4, -0.2) is 0 Å². The van der Waals surface area contributed by atoms with E-state index in [9.17, 15) is 0 Å². The lowest BCUT2D eigenvalue weighted by Crippen LogP contribution is -2.21. The van der Waals surface area contributed by atoms with Crippen molar-refractivity contribution >= 4 is 5.69 Å². The highest BCUT2D eigenvalue weighted by molar-refractivity contribution is 5.42. The highest BCUT2D eigenvalue weighted by atomic mass is 15.4. The number of rotatable bonds is 5. The van der Waals surface area contributed by atoms with Crippen LogP contribution in [0.1, 0.15) is 5.56 Å². The van der Waals surface area contributed by atoms with Gasteiger partial charge in [-0.2, -0.15) is 0 Å². The summed E-state index contributed by atoms with van der Waals surface area (Å²) in [5.41, 5.74) is 9.44. The van der Waals surface area contributed by atoms with Gasteiger partial charge in [0.2, 0.25) is 0 Å². The highest BCUT2D eigenvalue weighted by Gasteiger charge is 1.95. The summed E-state index contributed by atoms with van der Waals surface area (Å²) in [5.74, 6) is 0. The van der Waals surface area contributed by atoms with Crippen LogP contribution in [0.2, 0.25) is 0 Å². The minimum absolute atomic E-state index is 0.820. The lowest BCUT2D eigenvalue weighted by molar-refractivity contribution is 0.909. The summed E-state index contributed by atoms with van der Waals surface area (Å²) >= 11 is 0. The lowest BCUT2D eigenvalue weighted by atomic mass is 10.1. The topological polar surface area (TPSA) is 24.1 Å². The Morgan fingerprint density at radius 3 is 2.12 bits per heavy atom. The van der Waals surface area contributed by atoms with Gasteiger partial charge in [0, 0.05) is 12.1 Å².